The molecule has 2 nitrogen and oxygen atoms in total. The molecule has 0 saturated heterocycles. The van der Waals surface area contributed by atoms with Gasteiger partial charge in [0.25, 0.3) is 0 Å². The maximum atomic E-state index is 11.8. The van der Waals surface area contributed by atoms with Gasteiger partial charge in [-0.3, -0.25) is 4.79 Å². The maximum Gasteiger partial charge on any atom is 0.168 e. The van der Waals surface area contributed by atoms with Crippen molar-refractivity contribution in [2.24, 2.45) is 5.92 Å². The Morgan fingerprint density at radius 1 is 1.43 bits per heavy atom. The monoisotopic (exact) mass is 196 g/mol. The van der Waals surface area contributed by atoms with Gasteiger partial charge in [-0.1, -0.05) is 26.8 Å². The van der Waals surface area contributed by atoms with E-state index in [9.17, 15) is 9.90 Å². The molecule has 0 bridgehead atoms. The molecule has 80 valence electrons. The molecule has 0 aromatic rings. The van der Waals surface area contributed by atoms with Crippen LogP contribution >= 0.6 is 0 Å². The normalized spacial score (nSPS) is 29.0. The molecular weight excluding hydrogens is 176 g/mol. The average Bonchev–Trinajstić information content (AvgIpc) is 2.29. The molecule has 0 spiro atoms. The summed E-state index contributed by atoms with van der Waals surface area (Å²) in [6.07, 6.45) is 3.94. The molecule has 1 aliphatic rings. The Kier molecular flexibility index (Phi) is 3.48. The van der Waals surface area contributed by atoms with E-state index in [2.05, 4.69) is 6.58 Å². The van der Waals surface area contributed by atoms with Crippen LogP contribution in [0.4, 0.5) is 0 Å². The highest BCUT2D eigenvalue weighted by molar-refractivity contribution is 5.90. The van der Waals surface area contributed by atoms with E-state index in [4.69, 9.17) is 0 Å². The number of aliphatic hydroxyl groups is 1. The van der Waals surface area contributed by atoms with E-state index in [1.807, 2.05) is 13.8 Å². The van der Waals surface area contributed by atoms with E-state index in [1.54, 1.807) is 0 Å². The fraction of sp³-hybridized carbons (Fsp3) is 0.750. The van der Waals surface area contributed by atoms with Crippen LogP contribution in [0.25, 0.3) is 0 Å². The number of rotatable bonds is 2. The summed E-state index contributed by atoms with van der Waals surface area (Å²) in [5, 5.41) is 10.3. The molecule has 1 rings (SSSR count). The zero-order valence-corrected chi connectivity index (χ0v) is 9.18. The third-order valence-electron chi connectivity index (χ3n) is 3.13. The molecule has 1 atom stereocenters. The van der Waals surface area contributed by atoms with Gasteiger partial charge in [0, 0.05) is 6.42 Å². The molecule has 2 heteroatoms. The quantitative estimate of drug-likeness (QED) is 0.544. The zero-order valence-electron chi connectivity index (χ0n) is 9.18. The predicted octanol–water partition coefficient (Wildman–Crippen LogP) is 2.46. The number of hydrogen-bond donors (Lipinski definition) is 1. The highest BCUT2D eigenvalue weighted by Gasteiger charge is 2.39. The lowest BCUT2D eigenvalue weighted by atomic mass is 9.81. The molecule has 0 aromatic carbocycles. The first-order chi connectivity index (χ1) is 6.48. The molecule has 1 aliphatic carbocycles. The van der Waals surface area contributed by atoms with Crippen molar-refractivity contribution in [3.63, 3.8) is 0 Å². The molecule has 0 heterocycles. The highest BCUT2D eigenvalue weighted by atomic mass is 16.3. The van der Waals surface area contributed by atoms with Crippen LogP contribution in [0.15, 0.2) is 12.2 Å². The summed E-state index contributed by atoms with van der Waals surface area (Å²) in [5.74, 6) is 0.135. The minimum Gasteiger partial charge on any atom is -0.378 e. The van der Waals surface area contributed by atoms with Gasteiger partial charge in [0.2, 0.25) is 0 Å². The van der Waals surface area contributed by atoms with Crippen molar-refractivity contribution in [1.82, 2.24) is 0 Å². The van der Waals surface area contributed by atoms with Gasteiger partial charge < -0.3 is 5.11 Å². The van der Waals surface area contributed by atoms with Crippen LogP contribution in [0.5, 0.6) is 0 Å². The van der Waals surface area contributed by atoms with E-state index in [0.717, 1.165) is 19.3 Å². The Balaban J connectivity index is 2.87. The first-order valence-electron chi connectivity index (χ1n) is 5.43. The van der Waals surface area contributed by atoms with E-state index in [1.165, 1.54) is 0 Å². The van der Waals surface area contributed by atoms with Gasteiger partial charge in [-0.15, -0.1) is 0 Å². The number of carbonyl (C=O) groups is 1. The Morgan fingerprint density at radius 2 is 2.07 bits per heavy atom. The lowest BCUT2D eigenvalue weighted by molar-refractivity contribution is -0.134. The molecule has 0 amide bonds. The minimum absolute atomic E-state index is 0.0336. The summed E-state index contributed by atoms with van der Waals surface area (Å²) in [4.78, 5) is 11.8. The zero-order chi connectivity index (χ0) is 10.8. The lowest BCUT2D eigenvalue weighted by Gasteiger charge is -2.29. The second-order valence-corrected chi connectivity index (χ2v) is 4.52. The number of Topliss-reactive ketones (excluding diaryl/α,β-unsaturated/α-hetero) is 1. The molecule has 1 saturated carbocycles. The van der Waals surface area contributed by atoms with Crippen LogP contribution in [0.1, 0.15) is 46.0 Å². The molecule has 1 N–H and O–H groups in total. The Bertz CT molecular complexity index is 243. The largest absolute Gasteiger partial charge is 0.378 e. The highest BCUT2D eigenvalue weighted by Crippen LogP contribution is 2.33. The molecule has 0 aromatic heterocycles. The number of hydrogen-bond acceptors (Lipinski definition) is 2. The van der Waals surface area contributed by atoms with E-state index in [-0.39, 0.29) is 11.7 Å². The van der Waals surface area contributed by atoms with Crippen LogP contribution in [0, 0.1) is 5.92 Å². The van der Waals surface area contributed by atoms with Crippen LogP contribution in [-0.2, 0) is 4.79 Å². The van der Waals surface area contributed by atoms with E-state index in [0.29, 0.717) is 18.4 Å². The SMILES string of the molecule is C=C(C(C)C)C1(O)CCCCCC1=O. The van der Waals surface area contributed by atoms with Crippen molar-refractivity contribution < 1.29 is 9.90 Å². The van der Waals surface area contributed by atoms with Crippen LogP contribution < -0.4 is 0 Å². The predicted molar refractivity (Wildman–Crippen MR) is 57.0 cm³/mol. The fourth-order valence-corrected chi connectivity index (χ4v) is 2.01. The van der Waals surface area contributed by atoms with Crippen molar-refractivity contribution in [2.45, 2.75) is 51.6 Å². The Labute approximate surface area is 86.0 Å². The maximum absolute atomic E-state index is 11.8. The van der Waals surface area contributed by atoms with Crippen molar-refractivity contribution >= 4 is 5.78 Å². The number of carbonyl (C=O) groups excluding carboxylic acids is 1. The molecule has 0 radical (unpaired) electrons. The van der Waals surface area contributed by atoms with Gasteiger partial charge in [-0.2, -0.15) is 0 Å². The van der Waals surface area contributed by atoms with Gasteiger partial charge in [0.05, 0.1) is 0 Å². The van der Waals surface area contributed by atoms with Gasteiger partial charge in [-0.05, 0) is 30.8 Å². The third-order valence-corrected chi connectivity index (χ3v) is 3.13. The molecule has 14 heavy (non-hydrogen) atoms. The first-order valence-corrected chi connectivity index (χ1v) is 5.43. The van der Waals surface area contributed by atoms with E-state index >= 15 is 0 Å². The van der Waals surface area contributed by atoms with Crippen LogP contribution in [-0.4, -0.2) is 16.5 Å². The Hall–Kier alpha value is -0.630. The first kappa shape index (κ1) is 11.4. The summed E-state index contributed by atoms with van der Waals surface area (Å²) in [7, 11) is 0. The van der Waals surface area contributed by atoms with E-state index < -0.39 is 5.60 Å². The van der Waals surface area contributed by atoms with Gasteiger partial charge >= 0.3 is 0 Å². The van der Waals surface area contributed by atoms with Gasteiger partial charge in [0.15, 0.2) is 5.78 Å². The van der Waals surface area contributed by atoms with Crippen molar-refractivity contribution in [3.05, 3.63) is 12.2 Å². The van der Waals surface area contributed by atoms with Crippen molar-refractivity contribution in [2.75, 3.05) is 0 Å². The average molecular weight is 196 g/mol. The minimum atomic E-state index is -1.23. The summed E-state index contributed by atoms with van der Waals surface area (Å²) in [6.45, 7) is 7.81. The second-order valence-electron chi connectivity index (χ2n) is 4.52. The summed E-state index contributed by atoms with van der Waals surface area (Å²) < 4.78 is 0. The third kappa shape index (κ3) is 2.06. The molecule has 0 aliphatic heterocycles. The summed E-state index contributed by atoms with van der Waals surface area (Å²) in [5.41, 5.74) is -0.547. The summed E-state index contributed by atoms with van der Waals surface area (Å²) >= 11 is 0. The number of ketones is 1. The standard InChI is InChI=1S/C12H20O2/c1-9(2)10(3)12(14)8-6-4-5-7-11(12)13/h9,14H,3-8H2,1-2H3. The van der Waals surface area contributed by atoms with Crippen LogP contribution in [0.2, 0.25) is 0 Å². The van der Waals surface area contributed by atoms with Crippen molar-refractivity contribution in [3.8, 4) is 0 Å². The Morgan fingerprint density at radius 3 is 2.64 bits per heavy atom. The fourth-order valence-electron chi connectivity index (χ4n) is 2.01. The van der Waals surface area contributed by atoms with Gasteiger partial charge in [0.1, 0.15) is 5.60 Å². The topological polar surface area (TPSA) is 37.3 Å². The van der Waals surface area contributed by atoms with Crippen LogP contribution in [0.3, 0.4) is 0 Å². The molecular formula is C12H20O2. The second kappa shape index (κ2) is 4.26. The smallest absolute Gasteiger partial charge is 0.168 e. The van der Waals surface area contributed by atoms with Crippen molar-refractivity contribution in [1.29, 1.82) is 0 Å². The summed E-state index contributed by atoms with van der Waals surface area (Å²) in [6, 6.07) is 0. The molecule has 1 fully saturated rings. The van der Waals surface area contributed by atoms with Gasteiger partial charge in [-0.25, -0.2) is 0 Å². The molecule has 1 unspecified atom stereocenters. The lowest BCUT2D eigenvalue weighted by Crippen LogP contribution is -2.41.